The molecule has 0 heterocycles. The van der Waals surface area contributed by atoms with Crippen LogP contribution < -0.4 is 0 Å². The van der Waals surface area contributed by atoms with Gasteiger partial charge in [0, 0.05) is 25.6 Å². The number of rotatable bonds is 8. The van der Waals surface area contributed by atoms with E-state index in [1.54, 1.807) is 0 Å². The highest BCUT2D eigenvalue weighted by atomic mass is 16.2. The molecule has 3 heteroatoms. The second kappa shape index (κ2) is 7.70. The summed E-state index contributed by atoms with van der Waals surface area (Å²) in [4.78, 5) is 16.5. The summed E-state index contributed by atoms with van der Waals surface area (Å²) < 4.78 is 0. The quantitative estimate of drug-likeness (QED) is 0.653. The number of hydrogen-bond acceptors (Lipinski definition) is 2. The van der Waals surface area contributed by atoms with E-state index in [1.807, 2.05) is 26.0 Å². The Morgan fingerprint density at radius 3 is 1.82 bits per heavy atom. The van der Waals surface area contributed by atoms with Gasteiger partial charge in [0.15, 0.2) is 0 Å². The molecule has 0 aromatic heterocycles. The number of carbonyl (C=O) groups is 1. The largest absolute Gasteiger partial charge is 0.344 e. The van der Waals surface area contributed by atoms with Crippen LogP contribution in [0, 0.1) is 5.41 Å². The summed E-state index contributed by atoms with van der Waals surface area (Å²) >= 11 is 0. The van der Waals surface area contributed by atoms with Crippen LogP contribution in [0.1, 0.15) is 46.5 Å². The molecule has 0 fully saturated rings. The van der Waals surface area contributed by atoms with E-state index in [2.05, 4.69) is 25.7 Å². The van der Waals surface area contributed by atoms with Crippen molar-refractivity contribution >= 4 is 5.91 Å². The molecule has 102 valence electrons. The van der Waals surface area contributed by atoms with Gasteiger partial charge in [-0.25, -0.2) is 0 Å². The van der Waals surface area contributed by atoms with Crippen LogP contribution in [0.4, 0.5) is 0 Å². The molecule has 0 bridgehead atoms. The summed E-state index contributed by atoms with van der Waals surface area (Å²) in [6.07, 6.45) is 4.13. The second-order valence-corrected chi connectivity index (χ2v) is 5.59. The van der Waals surface area contributed by atoms with E-state index in [0.29, 0.717) is 5.91 Å². The third-order valence-electron chi connectivity index (χ3n) is 3.35. The lowest BCUT2D eigenvalue weighted by atomic mass is 9.80. The Kier molecular flexibility index (Phi) is 7.44. The molecule has 0 aromatic carbocycles. The molecule has 0 N–H and O–H groups in total. The highest BCUT2D eigenvalue weighted by Gasteiger charge is 2.33. The van der Waals surface area contributed by atoms with Crippen molar-refractivity contribution in [2.24, 2.45) is 5.41 Å². The summed E-state index contributed by atoms with van der Waals surface area (Å²) in [5.74, 6) is 0.308. The lowest BCUT2D eigenvalue weighted by molar-refractivity contribution is -0.141. The monoisotopic (exact) mass is 242 g/mol. The van der Waals surface area contributed by atoms with Crippen LogP contribution in [-0.2, 0) is 4.79 Å². The fraction of sp³-hybridized carbons (Fsp3) is 0.929. The van der Waals surface area contributed by atoms with Gasteiger partial charge in [-0.05, 0) is 26.9 Å². The molecule has 0 aliphatic carbocycles. The zero-order valence-electron chi connectivity index (χ0n) is 12.5. The van der Waals surface area contributed by atoms with Crippen molar-refractivity contribution in [1.29, 1.82) is 0 Å². The van der Waals surface area contributed by atoms with Gasteiger partial charge in [-0.15, -0.1) is 0 Å². The topological polar surface area (TPSA) is 23.6 Å². The van der Waals surface area contributed by atoms with Crippen LogP contribution in [0.2, 0.25) is 0 Å². The zero-order valence-corrected chi connectivity index (χ0v) is 12.5. The molecule has 0 saturated heterocycles. The lowest BCUT2D eigenvalue weighted by Crippen LogP contribution is -2.42. The second-order valence-electron chi connectivity index (χ2n) is 5.59. The Hall–Kier alpha value is -0.570. The van der Waals surface area contributed by atoms with E-state index in [1.165, 1.54) is 0 Å². The van der Waals surface area contributed by atoms with Crippen molar-refractivity contribution in [2.45, 2.75) is 46.5 Å². The number of amides is 1. The number of carbonyl (C=O) groups excluding carboxylic acids is 1. The van der Waals surface area contributed by atoms with Gasteiger partial charge in [0.1, 0.15) is 0 Å². The van der Waals surface area contributed by atoms with Gasteiger partial charge in [0.2, 0.25) is 5.91 Å². The SMILES string of the molecule is CCCC(C)(CCC)C(=O)N(C)CCN(C)C. The van der Waals surface area contributed by atoms with Crippen molar-refractivity contribution in [3.63, 3.8) is 0 Å². The molecular formula is C14H30N2O. The smallest absolute Gasteiger partial charge is 0.228 e. The first-order chi connectivity index (χ1) is 7.87. The Morgan fingerprint density at radius 2 is 1.47 bits per heavy atom. The van der Waals surface area contributed by atoms with E-state index >= 15 is 0 Å². The van der Waals surface area contributed by atoms with Gasteiger partial charge in [0.25, 0.3) is 0 Å². The number of nitrogens with zero attached hydrogens (tertiary/aromatic N) is 2. The molecule has 0 atom stereocenters. The Bertz CT molecular complexity index is 220. The fourth-order valence-electron chi connectivity index (χ4n) is 2.35. The fourth-order valence-corrected chi connectivity index (χ4v) is 2.35. The third-order valence-corrected chi connectivity index (χ3v) is 3.35. The Balaban J connectivity index is 4.49. The summed E-state index contributed by atoms with van der Waals surface area (Å²) in [5, 5.41) is 0. The maximum atomic E-state index is 12.5. The van der Waals surface area contributed by atoms with Gasteiger partial charge in [-0.2, -0.15) is 0 Å². The molecule has 0 spiro atoms. The van der Waals surface area contributed by atoms with Crippen LogP contribution >= 0.6 is 0 Å². The summed E-state index contributed by atoms with van der Waals surface area (Å²) in [6.45, 7) is 8.17. The highest BCUT2D eigenvalue weighted by Crippen LogP contribution is 2.31. The van der Waals surface area contributed by atoms with E-state index < -0.39 is 0 Å². The van der Waals surface area contributed by atoms with Gasteiger partial charge >= 0.3 is 0 Å². The van der Waals surface area contributed by atoms with Crippen LogP contribution in [0.25, 0.3) is 0 Å². The minimum Gasteiger partial charge on any atom is -0.344 e. The minimum absolute atomic E-state index is 0.162. The first kappa shape index (κ1) is 16.4. The first-order valence-electron chi connectivity index (χ1n) is 6.77. The zero-order chi connectivity index (χ0) is 13.5. The van der Waals surface area contributed by atoms with E-state index in [-0.39, 0.29) is 5.41 Å². The van der Waals surface area contributed by atoms with Gasteiger partial charge in [-0.1, -0.05) is 33.6 Å². The first-order valence-corrected chi connectivity index (χ1v) is 6.77. The molecular weight excluding hydrogens is 212 g/mol. The van der Waals surface area contributed by atoms with E-state index in [9.17, 15) is 4.79 Å². The van der Waals surface area contributed by atoms with Crippen molar-refractivity contribution in [2.75, 3.05) is 34.2 Å². The van der Waals surface area contributed by atoms with E-state index in [4.69, 9.17) is 0 Å². The summed E-state index contributed by atoms with van der Waals surface area (Å²) in [6, 6.07) is 0. The predicted molar refractivity (Wildman–Crippen MR) is 74.1 cm³/mol. The van der Waals surface area contributed by atoms with Crippen molar-refractivity contribution in [1.82, 2.24) is 9.80 Å². The van der Waals surface area contributed by atoms with Crippen molar-refractivity contribution in [3.05, 3.63) is 0 Å². The Morgan fingerprint density at radius 1 is 1.00 bits per heavy atom. The van der Waals surface area contributed by atoms with Crippen LogP contribution in [0.5, 0.6) is 0 Å². The molecule has 3 nitrogen and oxygen atoms in total. The van der Waals surface area contributed by atoms with Crippen LogP contribution in [0.3, 0.4) is 0 Å². The van der Waals surface area contributed by atoms with Crippen molar-refractivity contribution in [3.8, 4) is 0 Å². The number of likely N-dealkylation sites (N-methyl/N-ethyl adjacent to an activating group) is 2. The molecule has 17 heavy (non-hydrogen) atoms. The highest BCUT2D eigenvalue weighted by molar-refractivity contribution is 5.82. The molecule has 0 radical (unpaired) electrons. The Labute approximate surface area is 107 Å². The predicted octanol–water partition coefficient (Wildman–Crippen LogP) is 2.61. The normalized spacial score (nSPS) is 11.9. The lowest BCUT2D eigenvalue weighted by Gasteiger charge is -2.33. The molecule has 0 aliphatic heterocycles. The van der Waals surface area contributed by atoms with Crippen LogP contribution in [0.15, 0.2) is 0 Å². The molecule has 0 aromatic rings. The molecule has 0 rings (SSSR count). The number of hydrogen-bond donors (Lipinski definition) is 0. The molecule has 1 amide bonds. The van der Waals surface area contributed by atoms with Gasteiger partial charge in [-0.3, -0.25) is 4.79 Å². The minimum atomic E-state index is -0.162. The average Bonchev–Trinajstić information content (AvgIpc) is 2.25. The van der Waals surface area contributed by atoms with Crippen molar-refractivity contribution < 1.29 is 4.79 Å². The maximum Gasteiger partial charge on any atom is 0.228 e. The molecule has 0 saturated carbocycles. The average molecular weight is 242 g/mol. The summed E-state index contributed by atoms with van der Waals surface area (Å²) in [7, 11) is 6.00. The molecule has 0 unspecified atom stereocenters. The van der Waals surface area contributed by atoms with Gasteiger partial charge < -0.3 is 9.80 Å². The maximum absolute atomic E-state index is 12.5. The standard InChI is InChI=1S/C14H30N2O/c1-7-9-14(3,10-8-2)13(17)16(6)12-11-15(4)5/h7-12H2,1-6H3. The molecule has 0 aliphatic rings. The summed E-state index contributed by atoms with van der Waals surface area (Å²) in [5.41, 5.74) is -0.162. The van der Waals surface area contributed by atoms with Gasteiger partial charge in [0.05, 0.1) is 0 Å². The van der Waals surface area contributed by atoms with E-state index in [0.717, 1.165) is 38.8 Å². The van der Waals surface area contributed by atoms with Crippen LogP contribution in [-0.4, -0.2) is 49.9 Å². The third kappa shape index (κ3) is 5.53.